The van der Waals surface area contributed by atoms with Gasteiger partial charge in [0.25, 0.3) is 11.2 Å². The number of carbonyl (C=O) groups excluding carboxylic acids is 1. The first kappa shape index (κ1) is 26.3. The molecule has 11 heteroatoms. The molecule has 2 heterocycles. The van der Waals surface area contributed by atoms with Crippen molar-refractivity contribution in [3.63, 3.8) is 0 Å². The number of nitro benzene ring substituents is 1. The highest BCUT2D eigenvalue weighted by atomic mass is 35.5. The van der Waals surface area contributed by atoms with Crippen LogP contribution in [0.5, 0.6) is 0 Å². The summed E-state index contributed by atoms with van der Waals surface area (Å²) in [5.41, 5.74) is 1.90. The average molecular weight is 541 g/mol. The van der Waals surface area contributed by atoms with E-state index in [2.05, 4.69) is 4.99 Å². The number of hydrogen-bond acceptors (Lipinski definition) is 8. The predicted molar refractivity (Wildman–Crippen MR) is 144 cm³/mol. The Hall–Kier alpha value is -3.76. The Kier molecular flexibility index (Phi) is 7.33. The lowest BCUT2D eigenvalue weighted by Crippen LogP contribution is -2.40. The highest BCUT2D eigenvalue weighted by Gasteiger charge is 2.33. The summed E-state index contributed by atoms with van der Waals surface area (Å²) in [6.45, 7) is 5.21. The smallest absolute Gasteiger partial charge is 0.338 e. The number of nitrogens with zero attached hydrogens (tertiary/aromatic N) is 4. The molecule has 0 saturated carbocycles. The van der Waals surface area contributed by atoms with Gasteiger partial charge in [-0.3, -0.25) is 19.5 Å². The summed E-state index contributed by atoms with van der Waals surface area (Å²) in [6, 6.07) is 10.9. The molecule has 1 aliphatic heterocycles. The maximum Gasteiger partial charge on any atom is 0.338 e. The third kappa shape index (κ3) is 5.21. The Morgan fingerprint density at radius 3 is 2.51 bits per heavy atom. The quantitative estimate of drug-likeness (QED) is 0.267. The van der Waals surface area contributed by atoms with Gasteiger partial charge in [0.2, 0.25) is 0 Å². The first-order valence-corrected chi connectivity index (χ1v) is 12.6. The Bertz CT molecular complexity index is 1600. The van der Waals surface area contributed by atoms with Crippen LogP contribution in [0.4, 0.5) is 11.4 Å². The maximum absolute atomic E-state index is 13.7. The van der Waals surface area contributed by atoms with Crippen LogP contribution in [0.1, 0.15) is 37.9 Å². The Labute approximate surface area is 221 Å². The predicted octanol–water partition coefficient (Wildman–Crippen LogP) is 3.81. The van der Waals surface area contributed by atoms with Crippen LogP contribution >= 0.6 is 22.9 Å². The van der Waals surface area contributed by atoms with Gasteiger partial charge in [-0.2, -0.15) is 0 Å². The standard InChI is InChI=1S/C26H25ClN4O5S/c1-14(2)36-25(33)22-15(3)28-26-30(23(22)17-7-9-18(27)10-8-17)24(32)21(37-26)13-16-6-11-19(29(4)5)20(12-16)31(34)35/h6-14,23H,1-5H3. The zero-order chi connectivity index (χ0) is 27.0. The summed E-state index contributed by atoms with van der Waals surface area (Å²) >= 11 is 7.24. The molecule has 1 aromatic heterocycles. The summed E-state index contributed by atoms with van der Waals surface area (Å²) in [6.07, 6.45) is 1.24. The van der Waals surface area contributed by atoms with E-state index in [0.717, 1.165) is 11.3 Å². The molecule has 2 aromatic carbocycles. The Morgan fingerprint density at radius 2 is 1.92 bits per heavy atom. The average Bonchev–Trinajstić information content (AvgIpc) is 3.12. The van der Waals surface area contributed by atoms with Crippen molar-refractivity contribution in [2.45, 2.75) is 32.9 Å². The Morgan fingerprint density at radius 1 is 1.24 bits per heavy atom. The third-order valence-corrected chi connectivity index (χ3v) is 6.98. The molecule has 192 valence electrons. The van der Waals surface area contributed by atoms with Crippen LogP contribution in [0, 0.1) is 10.1 Å². The number of allylic oxidation sites excluding steroid dienone is 1. The molecular weight excluding hydrogens is 516 g/mol. The fourth-order valence-corrected chi connectivity index (χ4v) is 5.30. The zero-order valence-corrected chi connectivity index (χ0v) is 22.5. The summed E-state index contributed by atoms with van der Waals surface area (Å²) in [7, 11) is 3.45. The summed E-state index contributed by atoms with van der Waals surface area (Å²) in [5, 5.41) is 12.1. The number of anilines is 1. The zero-order valence-electron chi connectivity index (χ0n) is 20.9. The van der Waals surface area contributed by atoms with Gasteiger partial charge in [-0.25, -0.2) is 9.79 Å². The van der Waals surface area contributed by atoms with Crippen LogP contribution in [-0.2, 0) is 9.53 Å². The van der Waals surface area contributed by atoms with Gasteiger partial charge in [-0.1, -0.05) is 41.1 Å². The lowest BCUT2D eigenvalue weighted by atomic mass is 9.96. The lowest BCUT2D eigenvalue weighted by Gasteiger charge is -2.25. The summed E-state index contributed by atoms with van der Waals surface area (Å²) < 4.78 is 7.28. The number of aromatic nitrogens is 1. The minimum atomic E-state index is -0.771. The van der Waals surface area contributed by atoms with E-state index in [9.17, 15) is 19.7 Å². The molecule has 1 atom stereocenters. The van der Waals surface area contributed by atoms with Gasteiger partial charge >= 0.3 is 5.97 Å². The van der Waals surface area contributed by atoms with E-state index in [1.165, 1.54) is 10.6 Å². The molecule has 3 aromatic rings. The van der Waals surface area contributed by atoms with Crippen LogP contribution in [0.15, 0.2) is 63.5 Å². The van der Waals surface area contributed by atoms with Crippen LogP contribution in [0.2, 0.25) is 5.02 Å². The first-order chi connectivity index (χ1) is 17.5. The van der Waals surface area contributed by atoms with Gasteiger partial charge in [0.1, 0.15) is 5.69 Å². The molecule has 0 radical (unpaired) electrons. The van der Waals surface area contributed by atoms with Crippen molar-refractivity contribution < 1.29 is 14.5 Å². The monoisotopic (exact) mass is 540 g/mol. The Balaban J connectivity index is 1.92. The highest BCUT2D eigenvalue weighted by Crippen LogP contribution is 2.32. The van der Waals surface area contributed by atoms with Gasteiger partial charge in [-0.05, 0) is 56.2 Å². The van der Waals surface area contributed by atoms with E-state index in [1.807, 2.05) is 0 Å². The highest BCUT2D eigenvalue weighted by molar-refractivity contribution is 7.07. The fourth-order valence-electron chi connectivity index (χ4n) is 4.13. The first-order valence-electron chi connectivity index (χ1n) is 11.4. The second kappa shape index (κ2) is 10.3. The van der Waals surface area contributed by atoms with Gasteiger partial charge in [0, 0.05) is 25.2 Å². The molecule has 0 aliphatic carbocycles. The molecule has 9 nitrogen and oxygen atoms in total. The maximum atomic E-state index is 13.7. The number of rotatable bonds is 6. The molecule has 0 saturated heterocycles. The molecule has 0 spiro atoms. The van der Waals surface area contributed by atoms with Crippen molar-refractivity contribution in [2.24, 2.45) is 4.99 Å². The van der Waals surface area contributed by atoms with Crippen LogP contribution in [0.25, 0.3) is 6.08 Å². The number of thiazole rings is 1. The topological polar surface area (TPSA) is 107 Å². The minimum absolute atomic E-state index is 0.0693. The summed E-state index contributed by atoms with van der Waals surface area (Å²) in [5.74, 6) is -0.555. The van der Waals surface area contributed by atoms with Crippen molar-refractivity contribution in [3.05, 3.63) is 99.7 Å². The van der Waals surface area contributed by atoms with Crippen LogP contribution < -0.4 is 19.8 Å². The molecule has 0 bridgehead atoms. The minimum Gasteiger partial charge on any atom is -0.459 e. The van der Waals surface area contributed by atoms with Gasteiger partial charge in [0.15, 0.2) is 4.80 Å². The lowest BCUT2D eigenvalue weighted by molar-refractivity contribution is -0.384. The van der Waals surface area contributed by atoms with Crippen LogP contribution in [-0.4, -0.2) is 35.7 Å². The van der Waals surface area contributed by atoms with Crippen LogP contribution in [0.3, 0.4) is 0 Å². The molecule has 1 unspecified atom stereocenters. The van der Waals surface area contributed by atoms with E-state index < -0.39 is 16.9 Å². The fraction of sp³-hybridized carbons (Fsp3) is 0.269. The number of halogens is 1. The van der Waals surface area contributed by atoms with E-state index in [-0.39, 0.29) is 22.9 Å². The second-order valence-corrected chi connectivity index (χ2v) is 10.4. The number of nitro groups is 1. The molecule has 4 rings (SSSR count). The van der Waals surface area contributed by atoms with Crippen molar-refractivity contribution in [2.75, 3.05) is 19.0 Å². The number of benzene rings is 2. The molecule has 0 N–H and O–H groups in total. The van der Waals surface area contributed by atoms with E-state index in [4.69, 9.17) is 16.3 Å². The second-order valence-electron chi connectivity index (χ2n) is 8.99. The van der Waals surface area contributed by atoms with E-state index in [0.29, 0.717) is 36.9 Å². The normalized spacial score (nSPS) is 15.4. The number of fused-ring (bicyclic) bond motifs is 1. The van der Waals surface area contributed by atoms with E-state index in [1.54, 1.807) is 82.2 Å². The molecule has 37 heavy (non-hydrogen) atoms. The van der Waals surface area contributed by atoms with Gasteiger partial charge in [0.05, 0.1) is 32.9 Å². The number of esters is 1. The summed E-state index contributed by atoms with van der Waals surface area (Å²) in [4.78, 5) is 44.6. The van der Waals surface area contributed by atoms with Gasteiger partial charge < -0.3 is 9.64 Å². The number of ether oxygens (including phenoxy) is 1. The van der Waals surface area contributed by atoms with Crippen molar-refractivity contribution >= 4 is 46.4 Å². The largest absolute Gasteiger partial charge is 0.459 e. The van der Waals surface area contributed by atoms with Crippen molar-refractivity contribution in [1.82, 2.24) is 4.57 Å². The van der Waals surface area contributed by atoms with Crippen molar-refractivity contribution in [3.8, 4) is 0 Å². The molecular formula is C26H25ClN4O5S. The molecule has 0 fully saturated rings. The van der Waals surface area contributed by atoms with Crippen molar-refractivity contribution in [1.29, 1.82) is 0 Å². The molecule has 0 amide bonds. The van der Waals surface area contributed by atoms with Gasteiger partial charge in [-0.15, -0.1) is 0 Å². The molecule has 1 aliphatic rings. The third-order valence-electron chi connectivity index (χ3n) is 5.75. The number of hydrogen-bond donors (Lipinski definition) is 0. The van der Waals surface area contributed by atoms with E-state index >= 15 is 0 Å². The SMILES string of the molecule is CC1=C(C(=O)OC(C)C)C(c2ccc(Cl)cc2)n2c(sc(=Cc3ccc(N(C)C)c([N+](=O)[O-])c3)c2=O)=N1. The number of carbonyl (C=O) groups is 1.